The predicted molar refractivity (Wildman–Crippen MR) is 91.1 cm³/mol. The molecule has 0 atom stereocenters. The van der Waals surface area contributed by atoms with Gasteiger partial charge in [0, 0.05) is 5.56 Å². The summed E-state index contributed by atoms with van der Waals surface area (Å²) in [4.78, 5) is 39.5. The van der Waals surface area contributed by atoms with Gasteiger partial charge in [-0.15, -0.1) is 0 Å². The van der Waals surface area contributed by atoms with Gasteiger partial charge in [0.1, 0.15) is 17.1 Å². The molecule has 0 saturated carbocycles. The molecule has 0 aliphatic heterocycles. The van der Waals surface area contributed by atoms with Crippen LogP contribution in [-0.4, -0.2) is 36.4 Å². The number of Topliss-reactive ketones (excluding diaryl/α,β-unsaturated/α-hetero) is 1. The molecule has 1 aromatic heterocycles. The van der Waals surface area contributed by atoms with Crippen molar-refractivity contribution in [2.75, 3.05) is 19.0 Å². The first-order valence-electron chi connectivity index (χ1n) is 7.60. The SMILES string of the molecule is CCOc1ccc(C(C)=O)cc1NC(=O)c1cccc(C(=O)OC)n1. The van der Waals surface area contributed by atoms with Crippen LogP contribution in [0.25, 0.3) is 0 Å². The molecular formula is C18H18N2O5. The Hall–Kier alpha value is -3.22. The van der Waals surface area contributed by atoms with Crippen LogP contribution in [-0.2, 0) is 4.74 Å². The van der Waals surface area contributed by atoms with Crippen LogP contribution in [0.5, 0.6) is 5.75 Å². The lowest BCUT2D eigenvalue weighted by Gasteiger charge is -2.12. The largest absolute Gasteiger partial charge is 0.492 e. The predicted octanol–water partition coefficient (Wildman–Crippen LogP) is 2.72. The van der Waals surface area contributed by atoms with Crippen molar-refractivity contribution in [1.29, 1.82) is 0 Å². The van der Waals surface area contributed by atoms with E-state index in [2.05, 4.69) is 15.0 Å². The minimum absolute atomic E-state index is 0.0256. The van der Waals surface area contributed by atoms with Gasteiger partial charge in [-0.25, -0.2) is 9.78 Å². The second kappa shape index (κ2) is 8.05. The van der Waals surface area contributed by atoms with Gasteiger partial charge in [0.25, 0.3) is 5.91 Å². The molecule has 2 rings (SSSR count). The minimum atomic E-state index is -0.636. The summed E-state index contributed by atoms with van der Waals surface area (Å²) in [5, 5.41) is 2.66. The van der Waals surface area contributed by atoms with Gasteiger partial charge in [-0.05, 0) is 44.2 Å². The molecule has 0 radical (unpaired) electrons. The Morgan fingerprint density at radius 3 is 2.48 bits per heavy atom. The molecule has 1 amide bonds. The highest BCUT2D eigenvalue weighted by atomic mass is 16.5. The molecule has 1 heterocycles. The van der Waals surface area contributed by atoms with Crippen LogP contribution < -0.4 is 10.1 Å². The third-order valence-corrected chi connectivity index (χ3v) is 3.31. The third-order valence-electron chi connectivity index (χ3n) is 3.31. The zero-order valence-electron chi connectivity index (χ0n) is 14.2. The number of pyridine rings is 1. The lowest BCUT2D eigenvalue weighted by Crippen LogP contribution is -2.17. The summed E-state index contributed by atoms with van der Waals surface area (Å²) in [5.74, 6) is -0.870. The maximum atomic E-state index is 12.4. The van der Waals surface area contributed by atoms with E-state index in [1.54, 1.807) is 12.1 Å². The molecule has 1 N–H and O–H groups in total. The normalized spacial score (nSPS) is 10.0. The van der Waals surface area contributed by atoms with E-state index in [4.69, 9.17) is 4.74 Å². The Bertz CT molecular complexity index is 817. The van der Waals surface area contributed by atoms with Gasteiger partial charge < -0.3 is 14.8 Å². The van der Waals surface area contributed by atoms with Crippen LogP contribution >= 0.6 is 0 Å². The van der Waals surface area contributed by atoms with E-state index in [0.717, 1.165) is 0 Å². The molecule has 130 valence electrons. The molecule has 25 heavy (non-hydrogen) atoms. The van der Waals surface area contributed by atoms with E-state index in [9.17, 15) is 14.4 Å². The van der Waals surface area contributed by atoms with Crippen molar-refractivity contribution >= 4 is 23.3 Å². The molecule has 7 heteroatoms. The number of carbonyl (C=O) groups is 3. The van der Waals surface area contributed by atoms with Crippen molar-refractivity contribution in [3.8, 4) is 5.75 Å². The number of esters is 1. The minimum Gasteiger partial charge on any atom is -0.492 e. The second-order valence-corrected chi connectivity index (χ2v) is 5.05. The van der Waals surface area contributed by atoms with E-state index >= 15 is 0 Å². The number of ketones is 1. The van der Waals surface area contributed by atoms with Crippen LogP contribution in [0.2, 0.25) is 0 Å². The lowest BCUT2D eigenvalue weighted by molar-refractivity contribution is 0.0593. The summed E-state index contributed by atoms with van der Waals surface area (Å²) < 4.78 is 10.1. The number of carbonyl (C=O) groups excluding carboxylic acids is 3. The Labute approximate surface area is 145 Å². The molecule has 0 bridgehead atoms. The number of amides is 1. The summed E-state index contributed by atoms with van der Waals surface area (Å²) >= 11 is 0. The van der Waals surface area contributed by atoms with Crippen molar-refractivity contribution in [2.24, 2.45) is 0 Å². The zero-order valence-corrected chi connectivity index (χ0v) is 14.2. The molecule has 0 aliphatic carbocycles. The van der Waals surface area contributed by atoms with Crippen molar-refractivity contribution in [3.63, 3.8) is 0 Å². The number of ether oxygens (including phenoxy) is 2. The standard InChI is InChI=1S/C18H18N2O5/c1-4-25-16-9-8-12(11(2)21)10-15(16)20-17(22)13-6-5-7-14(19-13)18(23)24-3/h5-10H,4H2,1-3H3,(H,20,22). The Kier molecular flexibility index (Phi) is 5.84. The van der Waals surface area contributed by atoms with Gasteiger partial charge in [0.05, 0.1) is 19.4 Å². The third kappa shape index (κ3) is 4.41. The number of aromatic nitrogens is 1. The van der Waals surface area contributed by atoms with E-state index in [1.807, 2.05) is 6.92 Å². The number of anilines is 1. The molecule has 1 aromatic carbocycles. The van der Waals surface area contributed by atoms with E-state index in [1.165, 1.54) is 38.3 Å². The molecule has 0 aliphatic rings. The van der Waals surface area contributed by atoms with E-state index in [-0.39, 0.29) is 17.2 Å². The van der Waals surface area contributed by atoms with Crippen LogP contribution in [0.15, 0.2) is 36.4 Å². The van der Waals surface area contributed by atoms with Crippen molar-refractivity contribution < 1.29 is 23.9 Å². The van der Waals surface area contributed by atoms with E-state index < -0.39 is 11.9 Å². The topological polar surface area (TPSA) is 94.6 Å². The highest BCUT2D eigenvalue weighted by Gasteiger charge is 2.15. The molecule has 0 spiro atoms. The van der Waals surface area contributed by atoms with E-state index in [0.29, 0.717) is 23.6 Å². The quantitative estimate of drug-likeness (QED) is 0.641. The number of nitrogens with zero attached hydrogens (tertiary/aromatic N) is 1. The average Bonchev–Trinajstić information content (AvgIpc) is 2.62. The summed E-state index contributed by atoms with van der Waals surface area (Å²) in [6.45, 7) is 3.65. The first kappa shape index (κ1) is 18.1. The maximum absolute atomic E-state index is 12.4. The summed E-state index contributed by atoms with van der Waals surface area (Å²) in [5.41, 5.74) is 0.857. The van der Waals surface area contributed by atoms with Crippen LogP contribution in [0.3, 0.4) is 0 Å². The Morgan fingerprint density at radius 2 is 1.84 bits per heavy atom. The van der Waals surface area contributed by atoms with Crippen molar-refractivity contribution in [2.45, 2.75) is 13.8 Å². The molecule has 0 saturated heterocycles. The highest BCUT2D eigenvalue weighted by Crippen LogP contribution is 2.26. The Balaban J connectivity index is 2.32. The summed E-state index contributed by atoms with van der Waals surface area (Å²) in [6, 6.07) is 9.23. The monoisotopic (exact) mass is 342 g/mol. The number of hydrogen-bond acceptors (Lipinski definition) is 6. The second-order valence-electron chi connectivity index (χ2n) is 5.05. The molecule has 0 fully saturated rings. The fourth-order valence-corrected chi connectivity index (χ4v) is 2.09. The van der Waals surface area contributed by atoms with Gasteiger partial charge in [0.2, 0.25) is 0 Å². The number of benzene rings is 1. The fourth-order valence-electron chi connectivity index (χ4n) is 2.09. The summed E-state index contributed by atoms with van der Waals surface area (Å²) in [7, 11) is 1.23. The van der Waals surface area contributed by atoms with Crippen LogP contribution in [0, 0.1) is 0 Å². The van der Waals surface area contributed by atoms with Crippen LogP contribution in [0.1, 0.15) is 45.2 Å². The van der Waals surface area contributed by atoms with Crippen molar-refractivity contribution in [3.05, 3.63) is 53.3 Å². The number of rotatable bonds is 6. The highest BCUT2D eigenvalue weighted by molar-refractivity contribution is 6.05. The lowest BCUT2D eigenvalue weighted by atomic mass is 10.1. The first-order chi connectivity index (χ1) is 12.0. The molecule has 0 unspecified atom stereocenters. The zero-order chi connectivity index (χ0) is 18.4. The fraction of sp³-hybridized carbons (Fsp3) is 0.222. The number of hydrogen-bond donors (Lipinski definition) is 1. The average molecular weight is 342 g/mol. The first-order valence-corrected chi connectivity index (χ1v) is 7.60. The van der Waals surface area contributed by atoms with Gasteiger partial charge in [-0.3, -0.25) is 9.59 Å². The molecular weight excluding hydrogens is 324 g/mol. The molecule has 7 nitrogen and oxygen atoms in total. The van der Waals surface area contributed by atoms with Gasteiger partial charge in [-0.1, -0.05) is 6.07 Å². The van der Waals surface area contributed by atoms with Gasteiger partial charge in [-0.2, -0.15) is 0 Å². The van der Waals surface area contributed by atoms with Gasteiger partial charge in [0.15, 0.2) is 5.78 Å². The smallest absolute Gasteiger partial charge is 0.356 e. The summed E-state index contributed by atoms with van der Waals surface area (Å²) in [6.07, 6.45) is 0. The van der Waals surface area contributed by atoms with Gasteiger partial charge >= 0.3 is 5.97 Å². The number of nitrogens with one attached hydrogen (secondary N) is 1. The maximum Gasteiger partial charge on any atom is 0.356 e. The number of methoxy groups -OCH3 is 1. The Morgan fingerprint density at radius 1 is 1.12 bits per heavy atom. The molecule has 2 aromatic rings. The van der Waals surface area contributed by atoms with Crippen LogP contribution in [0.4, 0.5) is 5.69 Å². The van der Waals surface area contributed by atoms with Crippen molar-refractivity contribution in [1.82, 2.24) is 4.98 Å².